The molecule has 0 bridgehead atoms. The number of carbonyl (C=O) groups is 1. The first-order valence-corrected chi connectivity index (χ1v) is 10.1. The minimum atomic E-state index is -1.71. The number of phenols is 2. The summed E-state index contributed by atoms with van der Waals surface area (Å²) in [4.78, 5) is 12.8. The molecule has 0 aliphatic carbocycles. The molecule has 6 N–H and O–H groups in total. The molecule has 0 amide bonds. The smallest absolute Gasteiger partial charge is 0.346 e. The Morgan fingerprint density at radius 3 is 2.29 bits per heavy atom. The highest BCUT2D eigenvalue weighted by molar-refractivity contribution is 5.96. The van der Waals surface area contributed by atoms with Crippen molar-refractivity contribution < 1.29 is 59.1 Å². The van der Waals surface area contributed by atoms with Gasteiger partial charge in [-0.1, -0.05) is 12.1 Å². The van der Waals surface area contributed by atoms with Gasteiger partial charge in [0, 0.05) is 5.56 Å². The van der Waals surface area contributed by atoms with E-state index in [-0.39, 0.29) is 34.1 Å². The van der Waals surface area contributed by atoms with Gasteiger partial charge in [-0.25, -0.2) is 4.79 Å². The van der Waals surface area contributed by atoms with Crippen molar-refractivity contribution in [3.63, 3.8) is 0 Å². The van der Waals surface area contributed by atoms with E-state index in [0.717, 1.165) is 0 Å². The summed E-state index contributed by atoms with van der Waals surface area (Å²) in [6, 6.07) is 6.83. The fraction of sp³-hybridized carbons (Fsp3) is 0.409. The van der Waals surface area contributed by atoms with Crippen LogP contribution in [0.1, 0.15) is 15.9 Å². The van der Waals surface area contributed by atoms with Crippen LogP contribution in [0.2, 0.25) is 0 Å². The molecule has 34 heavy (non-hydrogen) atoms. The molecule has 1 heterocycles. The highest BCUT2D eigenvalue weighted by Gasteiger charge is 2.45. The van der Waals surface area contributed by atoms with E-state index in [1.54, 1.807) is 0 Å². The summed E-state index contributed by atoms with van der Waals surface area (Å²) in [5.74, 6) is -1.90. The summed E-state index contributed by atoms with van der Waals surface area (Å²) in [5.41, 5.74) is -0.00930. The molecule has 0 unspecified atom stereocenters. The van der Waals surface area contributed by atoms with Crippen molar-refractivity contribution in [1.82, 2.24) is 0 Å². The zero-order chi connectivity index (χ0) is 25.0. The molecule has 2 aromatic rings. The number of carbonyl (C=O) groups excluding carboxylic acids is 1. The second kappa shape index (κ2) is 10.8. The van der Waals surface area contributed by atoms with E-state index in [0.29, 0.717) is 0 Å². The zero-order valence-electron chi connectivity index (χ0n) is 18.3. The monoisotopic (exact) mass is 482 g/mol. The number of para-hydroxylation sites is 1. The van der Waals surface area contributed by atoms with Crippen LogP contribution in [0.15, 0.2) is 30.3 Å². The van der Waals surface area contributed by atoms with Crippen LogP contribution in [0.3, 0.4) is 0 Å². The fourth-order valence-corrected chi connectivity index (χ4v) is 3.44. The molecule has 3 rings (SSSR count). The average Bonchev–Trinajstić information content (AvgIpc) is 2.83. The van der Waals surface area contributed by atoms with Gasteiger partial charge >= 0.3 is 5.97 Å². The summed E-state index contributed by atoms with van der Waals surface area (Å²) in [6.07, 6.45) is -7.77. The predicted molar refractivity (Wildman–Crippen MR) is 113 cm³/mol. The normalized spacial score (nSPS) is 24.4. The van der Waals surface area contributed by atoms with Crippen molar-refractivity contribution in [2.45, 2.75) is 37.3 Å². The number of methoxy groups -OCH3 is 2. The number of phenolic OH excluding ortho intramolecular Hbond substituents is 2. The zero-order valence-corrected chi connectivity index (χ0v) is 18.3. The van der Waals surface area contributed by atoms with E-state index in [4.69, 9.17) is 23.7 Å². The Balaban J connectivity index is 1.83. The molecular weight excluding hydrogens is 456 g/mol. The number of aliphatic hydroxyl groups excluding tert-OH is 4. The molecule has 0 radical (unpaired) electrons. The number of benzene rings is 2. The van der Waals surface area contributed by atoms with Crippen molar-refractivity contribution in [2.75, 3.05) is 20.8 Å². The van der Waals surface area contributed by atoms with Crippen molar-refractivity contribution in [1.29, 1.82) is 0 Å². The van der Waals surface area contributed by atoms with Gasteiger partial charge in [-0.2, -0.15) is 0 Å². The van der Waals surface area contributed by atoms with E-state index in [1.165, 1.54) is 44.6 Å². The van der Waals surface area contributed by atoms with Gasteiger partial charge in [-0.3, -0.25) is 0 Å². The summed E-state index contributed by atoms with van der Waals surface area (Å²) in [5, 5.41) is 59.7. The van der Waals surface area contributed by atoms with Crippen LogP contribution in [-0.2, 0) is 16.1 Å². The Labute approximate surface area is 194 Å². The SMILES string of the molecule is COc1ccc(O)c(OC)c1C(=O)OCc1cccc(O)c1O[C@@H]1O[C@H](CO)[C@@H](O)[C@H](O)[C@H]1O. The number of ether oxygens (including phenoxy) is 5. The number of esters is 1. The van der Waals surface area contributed by atoms with Crippen molar-refractivity contribution in [3.8, 4) is 28.7 Å². The molecule has 1 aliphatic heterocycles. The largest absolute Gasteiger partial charge is 0.504 e. The molecule has 1 saturated heterocycles. The van der Waals surface area contributed by atoms with E-state index >= 15 is 0 Å². The molecule has 186 valence electrons. The third-order valence-corrected chi connectivity index (χ3v) is 5.24. The van der Waals surface area contributed by atoms with Crippen molar-refractivity contribution in [3.05, 3.63) is 41.5 Å². The van der Waals surface area contributed by atoms with Gasteiger partial charge in [-0.05, 0) is 18.2 Å². The summed E-state index contributed by atoms with van der Waals surface area (Å²) in [7, 11) is 2.58. The highest BCUT2D eigenvalue weighted by Crippen LogP contribution is 2.38. The lowest BCUT2D eigenvalue weighted by Crippen LogP contribution is -2.60. The molecule has 2 aromatic carbocycles. The minimum Gasteiger partial charge on any atom is -0.504 e. The van der Waals surface area contributed by atoms with Gasteiger partial charge in [0.1, 0.15) is 42.3 Å². The van der Waals surface area contributed by atoms with Crippen molar-refractivity contribution in [2.24, 2.45) is 0 Å². The Morgan fingerprint density at radius 2 is 1.65 bits per heavy atom. The minimum absolute atomic E-state index is 0.0911. The first-order valence-electron chi connectivity index (χ1n) is 10.1. The predicted octanol–water partition coefficient (Wildman–Crippen LogP) is -0.349. The van der Waals surface area contributed by atoms with Crippen LogP contribution >= 0.6 is 0 Å². The van der Waals surface area contributed by atoms with E-state index in [2.05, 4.69) is 0 Å². The number of aliphatic hydroxyl groups is 4. The van der Waals surface area contributed by atoms with Gasteiger partial charge < -0.3 is 54.3 Å². The van der Waals surface area contributed by atoms with Gasteiger partial charge in [0.2, 0.25) is 6.29 Å². The fourth-order valence-electron chi connectivity index (χ4n) is 3.44. The van der Waals surface area contributed by atoms with Crippen LogP contribution < -0.4 is 14.2 Å². The van der Waals surface area contributed by atoms with E-state index in [1.807, 2.05) is 0 Å². The summed E-state index contributed by atoms with van der Waals surface area (Å²) < 4.78 is 26.4. The number of rotatable bonds is 8. The second-order valence-electron chi connectivity index (χ2n) is 7.35. The van der Waals surface area contributed by atoms with Gasteiger partial charge in [0.25, 0.3) is 0 Å². The van der Waals surface area contributed by atoms with Crippen molar-refractivity contribution >= 4 is 5.97 Å². The lowest BCUT2D eigenvalue weighted by Gasteiger charge is -2.39. The number of aromatic hydroxyl groups is 2. The molecule has 0 spiro atoms. The number of hydrogen-bond donors (Lipinski definition) is 6. The molecule has 12 heteroatoms. The van der Waals surface area contributed by atoms with Crippen LogP contribution in [0, 0.1) is 0 Å². The summed E-state index contributed by atoms with van der Waals surface area (Å²) >= 11 is 0. The maximum atomic E-state index is 12.8. The first kappa shape index (κ1) is 25.3. The van der Waals surface area contributed by atoms with E-state index in [9.17, 15) is 35.4 Å². The lowest BCUT2D eigenvalue weighted by atomic mass is 9.99. The molecule has 0 saturated carbocycles. The Kier molecular flexibility index (Phi) is 8.02. The Hall–Kier alpha value is -3.29. The lowest BCUT2D eigenvalue weighted by molar-refractivity contribution is -0.277. The third-order valence-electron chi connectivity index (χ3n) is 5.24. The van der Waals surface area contributed by atoms with Crippen LogP contribution in [0.4, 0.5) is 0 Å². The summed E-state index contributed by atoms with van der Waals surface area (Å²) in [6.45, 7) is -1.09. The Bertz CT molecular complexity index is 1010. The standard InChI is InChI=1S/C22H26O12/c1-30-13-7-6-12(25)20(31-2)15(13)21(29)32-9-10-4-3-5-11(24)19(10)34-22-18(28)17(27)16(26)14(8-23)33-22/h3-7,14,16-18,22-28H,8-9H2,1-2H3/t14-,16-,17+,18-,22+/m1/s1. The maximum absolute atomic E-state index is 12.8. The highest BCUT2D eigenvalue weighted by atomic mass is 16.7. The molecular formula is C22H26O12. The Morgan fingerprint density at radius 1 is 0.941 bits per heavy atom. The molecule has 1 fully saturated rings. The van der Waals surface area contributed by atoms with Gasteiger partial charge in [-0.15, -0.1) is 0 Å². The maximum Gasteiger partial charge on any atom is 0.346 e. The molecule has 0 aromatic heterocycles. The van der Waals surface area contributed by atoms with Crippen LogP contribution in [0.5, 0.6) is 28.7 Å². The van der Waals surface area contributed by atoms with Crippen LogP contribution in [-0.4, -0.2) is 88.1 Å². The molecule has 1 aliphatic rings. The number of hydrogen-bond acceptors (Lipinski definition) is 12. The quantitative estimate of drug-likeness (QED) is 0.269. The van der Waals surface area contributed by atoms with Gasteiger partial charge in [0.15, 0.2) is 23.0 Å². The molecule has 12 nitrogen and oxygen atoms in total. The van der Waals surface area contributed by atoms with E-state index < -0.39 is 55.6 Å². The third kappa shape index (κ3) is 4.95. The first-order chi connectivity index (χ1) is 16.2. The second-order valence-corrected chi connectivity index (χ2v) is 7.35. The topological polar surface area (TPSA) is 185 Å². The molecule has 5 atom stereocenters. The van der Waals surface area contributed by atoms with Crippen LogP contribution in [0.25, 0.3) is 0 Å². The average molecular weight is 482 g/mol. The van der Waals surface area contributed by atoms with Gasteiger partial charge in [0.05, 0.1) is 20.8 Å².